The van der Waals surface area contributed by atoms with E-state index in [0.717, 1.165) is 11.3 Å². The zero-order valence-corrected chi connectivity index (χ0v) is 9.91. The van der Waals surface area contributed by atoms with Gasteiger partial charge in [0.05, 0.1) is 10.7 Å². The van der Waals surface area contributed by atoms with Crippen LogP contribution in [0.3, 0.4) is 0 Å². The van der Waals surface area contributed by atoms with Crippen molar-refractivity contribution >= 4 is 35.1 Å². The quantitative estimate of drug-likeness (QED) is 0.682. The SMILES string of the molecule is Clc1cccc(C=Nc2ccccc2Cl)c1. The van der Waals surface area contributed by atoms with Gasteiger partial charge in [-0.05, 0) is 29.8 Å². The molecule has 0 radical (unpaired) electrons. The second-order valence-corrected chi connectivity index (χ2v) is 4.11. The third kappa shape index (κ3) is 2.84. The standard InChI is InChI=1S/C13H9Cl2N/c14-11-5-3-4-10(8-11)9-16-13-7-2-1-6-12(13)15/h1-9H. The lowest BCUT2D eigenvalue weighted by Gasteiger charge is -1.97. The minimum Gasteiger partial charge on any atom is -0.255 e. The molecule has 0 aliphatic rings. The molecule has 0 amide bonds. The van der Waals surface area contributed by atoms with Crippen molar-refractivity contribution in [1.82, 2.24) is 0 Å². The van der Waals surface area contributed by atoms with E-state index in [0.29, 0.717) is 10.0 Å². The van der Waals surface area contributed by atoms with Crippen LogP contribution in [0.2, 0.25) is 10.0 Å². The highest BCUT2D eigenvalue weighted by atomic mass is 35.5. The van der Waals surface area contributed by atoms with E-state index in [9.17, 15) is 0 Å². The van der Waals surface area contributed by atoms with Gasteiger partial charge in [0.25, 0.3) is 0 Å². The van der Waals surface area contributed by atoms with Crippen LogP contribution in [-0.2, 0) is 0 Å². The van der Waals surface area contributed by atoms with E-state index in [-0.39, 0.29) is 0 Å². The summed E-state index contributed by atoms with van der Waals surface area (Å²) in [4.78, 5) is 4.30. The van der Waals surface area contributed by atoms with Crippen LogP contribution in [0.5, 0.6) is 0 Å². The van der Waals surface area contributed by atoms with E-state index in [2.05, 4.69) is 4.99 Å². The molecule has 0 spiro atoms. The maximum absolute atomic E-state index is 5.98. The van der Waals surface area contributed by atoms with Crippen LogP contribution in [0, 0.1) is 0 Å². The molecule has 80 valence electrons. The molecule has 0 unspecified atom stereocenters. The molecule has 0 saturated carbocycles. The molecule has 2 rings (SSSR count). The average molecular weight is 250 g/mol. The molecule has 0 aliphatic carbocycles. The lowest BCUT2D eigenvalue weighted by Crippen LogP contribution is -1.79. The summed E-state index contributed by atoms with van der Waals surface area (Å²) in [6.45, 7) is 0. The van der Waals surface area contributed by atoms with Crippen molar-refractivity contribution < 1.29 is 0 Å². The molecule has 0 heterocycles. The minimum atomic E-state index is 0.640. The van der Waals surface area contributed by atoms with Crippen LogP contribution in [0.1, 0.15) is 5.56 Å². The van der Waals surface area contributed by atoms with Crippen LogP contribution in [0.25, 0.3) is 0 Å². The van der Waals surface area contributed by atoms with Crippen molar-refractivity contribution in [3.05, 3.63) is 64.1 Å². The number of rotatable bonds is 2. The summed E-state index contributed by atoms with van der Waals surface area (Å²) in [7, 11) is 0. The van der Waals surface area contributed by atoms with Gasteiger partial charge in [-0.2, -0.15) is 0 Å². The lowest BCUT2D eigenvalue weighted by atomic mass is 10.2. The number of hydrogen-bond acceptors (Lipinski definition) is 1. The van der Waals surface area contributed by atoms with E-state index >= 15 is 0 Å². The molecule has 0 N–H and O–H groups in total. The van der Waals surface area contributed by atoms with E-state index in [1.807, 2.05) is 48.5 Å². The molecule has 0 saturated heterocycles. The summed E-state index contributed by atoms with van der Waals surface area (Å²) in [5.41, 5.74) is 1.71. The van der Waals surface area contributed by atoms with Crippen molar-refractivity contribution in [2.45, 2.75) is 0 Å². The van der Waals surface area contributed by atoms with E-state index in [1.54, 1.807) is 6.21 Å². The fourth-order valence-corrected chi connectivity index (χ4v) is 1.67. The zero-order valence-electron chi connectivity index (χ0n) is 8.40. The van der Waals surface area contributed by atoms with Crippen LogP contribution in [0.15, 0.2) is 53.5 Å². The third-order valence-corrected chi connectivity index (χ3v) is 2.61. The first-order valence-electron chi connectivity index (χ1n) is 4.80. The molecule has 3 heteroatoms. The predicted molar refractivity (Wildman–Crippen MR) is 70.2 cm³/mol. The van der Waals surface area contributed by atoms with Crippen molar-refractivity contribution in [3.63, 3.8) is 0 Å². The first-order valence-corrected chi connectivity index (χ1v) is 5.55. The number of hydrogen-bond donors (Lipinski definition) is 0. The summed E-state index contributed by atoms with van der Waals surface area (Å²) in [5, 5.41) is 1.34. The predicted octanol–water partition coefficient (Wildman–Crippen LogP) is 4.74. The third-order valence-electron chi connectivity index (χ3n) is 2.05. The van der Waals surface area contributed by atoms with Crippen molar-refractivity contribution in [2.75, 3.05) is 0 Å². The summed E-state index contributed by atoms with van der Waals surface area (Å²) in [6, 6.07) is 15.0. The Bertz CT molecular complexity index is 521. The van der Waals surface area contributed by atoms with Crippen LogP contribution >= 0.6 is 23.2 Å². The fourth-order valence-electron chi connectivity index (χ4n) is 1.29. The van der Waals surface area contributed by atoms with Gasteiger partial charge < -0.3 is 0 Å². The molecular weight excluding hydrogens is 241 g/mol. The molecule has 0 aliphatic heterocycles. The van der Waals surface area contributed by atoms with Crippen molar-refractivity contribution in [1.29, 1.82) is 0 Å². The number of para-hydroxylation sites is 1. The van der Waals surface area contributed by atoms with Gasteiger partial charge in [0, 0.05) is 11.2 Å². The fraction of sp³-hybridized carbons (Fsp3) is 0. The second kappa shape index (κ2) is 5.15. The van der Waals surface area contributed by atoms with Gasteiger partial charge >= 0.3 is 0 Å². The van der Waals surface area contributed by atoms with Gasteiger partial charge in [0.2, 0.25) is 0 Å². The second-order valence-electron chi connectivity index (χ2n) is 3.26. The Morgan fingerprint density at radius 3 is 2.50 bits per heavy atom. The topological polar surface area (TPSA) is 12.4 Å². The molecule has 0 fully saturated rings. The Morgan fingerprint density at radius 1 is 0.938 bits per heavy atom. The molecule has 1 nitrogen and oxygen atoms in total. The Morgan fingerprint density at radius 2 is 1.75 bits per heavy atom. The molecular formula is C13H9Cl2N. The first kappa shape index (κ1) is 11.2. The van der Waals surface area contributed by atoms with Gasteiger partial charge in [0.1, 0.15) is 0 Å². The smallest absolute Gasteiger partial charge is 0.0816 e. The van der Waals surface area contributed by atoms with Crippen LogP contribution < -0.4 is 0 Å². The average Bonchev–Trinajstić information content (AvgIpc) is 2.28. The first-order chi connectivity index (χ1) is 7.75. The maximum Gasteiger partial charge on any atom is 0.0816 e. The van der Waals surface area contributed by atoms with Crippen molar-refractivity contribution in [3.8, 4) is 0 Å². The molecule has 0 atom stereocenters. The number of nitrogens with zero attached hydrogens (tertiary/aromatic N) is 1. The molecule has 2 aromatic carbocycles. The lowest BCUT2D eigenvalue weighted by molar-refractivity contribution is 1.52. The summed E-state index contributed by atoms with van der Waals surface area (Å²) in [6.07, 6.45) is 1.74. The molecule has 0 bridgehead atoms. The number of benzene rings is 2. The highest BCUT2D eigenvalue weighted by Crippen LogP contribution is 2.23. The van der Waals surface area contributed by atoms with Crippen molar-refractivity contribution in [2.24, 2.45) is 4.99 Å². The monoisotopic (exact) mass is 249 g/mol. The molecule has 2 aromatic rings. The molecule has 0 aromatic heterocycles. The summed E-state index contributed by atoms with van der Waals surface area (Å²) >= 11 is 11.9. The van der Waals surface area contributed by atoms with Gasteiger partial charge in [-0.25, -0.2) is 0 Å². The normalized spacial score (nSPS) is 10.9. The largest absolute Gasteiger partial charge is 0.255 e. The number of aliphatic imine (C=N–C) groups is 1. The summed E-state index contributed by atoms with van der Waals surface area (Å²) in [5.74, 6) is 0. The van der Waals surface area contributed by atoms with E-state index in [1.165, 1.54) is 0 Å². The van der Waals surface area contributed by atoms with Crippen LogP contribution in [0.4, 0.5) is 5.69 Å². The summed E-state index contributed by atoms with van der Waals surface area (Å²) < 4.78 is 0. The highest BCUT2D eigenvalue weighted by Gasteiger charge is 1.95. The van der Waals surface area contributed by atoms with E-state index < -0.39 is 0 Å². The number of halogens is 2. The maximum atomic E-state index is 5.98. The highest BCUT2D eigenvalue weighted by molar-refractivity contribution is 6.33. The molecule has 16 heavy (non-hydrogen) atoms. The Kier molecular flexibility index (Phi) is 3.60. The minimum absolute atomic E-state index is 0.640. The van der Waals surface area contributed by atoms with Gasteiger partial charge in [-0.3, -0.25) is 4.99 Å². The Hall–Kier alpha value is -1.31. The Labute approximate surface area is 104 Å². The van der Waals surface area contributed by atoms with Gasteiger partial charge in [0.15, 0.2) is 0 Å². The zero-order chi connectivity index (χ0) is 11.4. The van der Waals surface area contributed by atoms with Gasteiger partial charge in [-0.15, -0.1) is 0 Å². The van der Waals surface area contributed by atoms with Crippen LogP contribution in [-0.4, -0.2) is 6.21 Å². The van der Waals surface area contributed by atoms with Gasteiger partial charge in [-0.1, -0.05) is 47.5 Å². The Balaban J connectivity index is 2.25. The van der Waals surface area contributed by atoms with E-state index in [4.69, 9.17) is 23.2 Å².